The molecule has 23 heavy (non-hydrogen) atoms. The summed E-state index contributed by atoms with van der Waals surface area (Å²) in [6, 6.07) is 6.65. The van der Waals surface area contributed by atoms with E-state index in [1.54, 1.807) is 25.1 Å². The molecule has 3 aromatic rings. The van der Waals surface area contributed by atoms with E-state index in [4.69, 9.17) is 17.3 Å². The number of halogens is 1. The molecule has 2 amide bonds. The largest absolute Gasteiger partial charge is 0.365 e. The average Bonchev–Trinajstić information content (AvgIpc) is 3.13. The number of fused-ring (bicyclic) bond motifs is 1. The van der Waals surface area contributed by atoms with Gasteiger partial charge in [-0.25, -0.2) is 4.98 Å². The molecule has 0 aliphatic heterocycles. The Morgan fingerprint density at radius 3 is 2.91 bits per heavy atom. The first-order valence-electron chi connectivity index (χ1n) is 6.78. The zero-order valence-electron chi connectivity index (χ0n) is 12.1. The van der Waals surface area contributed by atoms with Crippen LogP contribution >= 0.6 is 22.9 Å². The lowest BCUT2D eigenvalue weighted by molar-refractivity contribution is 0.0930. The molecule has 0 spiro atoms. The predicted molar refractivity (Wildman–Crippen MR) is 89.8 cm³/mol. The number of aromatic amines is 1. The van der Waals surface area contributed by atoms with E-state index < -0.39 is 11.9 Å². The Balaban J connectivity index is 1.82. The molecule has 1 aromatic carbocycles. The van der Waals surface area contributed by atoms with Crippen LogP contribution in [0.1, 0.15) is 38.8 Å². The molecule has 0 bridgehead atoms. The topological polar surface area (TPSA) is 101 Å². The summed E-state index contributed by atoms with van der Waals surface area (Å²) in [4.78, 5) is 31.2. The van der Waals surface area contributed by atoms with E-state index in [9.17, 15) is 9.59 Å². The van der Waals surface area contributed by atoms with E-state index >= 15 is 0 Å². The third-order valence-electron chi connectivity index (χ3n) is 3.41. The molecule has 0 saturated carbocycles. The summed E-state index contributed by atoms with van der Waals surface area (Å²) in [6.07, 6.45) is 0. The zero-order chi connectivity index (χ0) is 16.6. The smallest absolute Gasteiger partial charge is 0.268 e. The molecule has 0 radical (unpaired) electrons. The number of aromatic nitrogens is 2. The number of rotatable bonds is 4. The van der Waals surface area contributed by atoms with Gasteiger partial charge in [0.2, 0.25) is 0 Å². The van der Waals surface area contributed by atoms with Crippen molar-refractivity contribution >= 4 is 45.7 Å². The summed E-state index contributed by atoms with van der Waals surface area (Å²) in [7, 11) is 0. The first-order valence-corrected chi connectivity index (χ1v) is 8.04. The number of nitrogens with zero attached hydrogens (tertiary/aromatic N) is 1. The molecule has 1 atom stereocenters. The van der Waals surface area contributed by atoms with Crippen molar-refractivity contribution in [2.75, 3.05) is 0 Å². The predicted octanol–water partition coefficient (Wildman–Crippen LogP) is 2.87. The lowest BCUT2D eigenvalue weighted by Crippen LogP contribution is -2.28. The van der Waals surface area contributed by atoms with Crippen molar-refractivity contribution in [3.8, 4) is 0 Å². The van der Waals surface area contributed by atoms with E-state index in [-0.39, 0.29) is 5.91 Å². The molecule has 2 heterocycles. The van der Waals surface area contributed by atoms with Crippen LogP contribution in [0.5, 0.6) is 0 Å². The normalized spacial score (nSPS) is 12.3. The molecule has 0 saturated heterocycles. The SMILES string of the molecule is CC(NC(=O)c1cc2ccc(Cl)cc2[nH]1)c1ncsc1C(N)=O. The summed E-state index contributed by atoms with van der Waals surface area (Å²) in [5.74, 6) is -0.850. The van der Waals surface area contributed by atoms with Crippen LogP contribution in [0.3, 0.4) is 0 Å². The van der Waals surface area contributed by atoms with E-state index in [0.29, 0.717) is 21.3 Å². The van der Waals surface area contributed by atoms with Crippen LogP contribution in [-0.4, -0.2) is 21.8 Å². The summed E-state index contributed by atoms with van der Waals surface area (Å²) >= 11 is 7.09. The van der Waals surface area contributed by atoms with Crippen molar-refractivity contribution in [1.82, 2.24) is 15.3 Å². The van der Waals surface area contributed by atoms with Gasteiger partial charge in [0.05, 0.1) is 17.2 Å². The number of thiazole rings is 1. The summed E-state index contributed by atoms with van der Waals surface area (Å²) < 4.78 is 0. The minimum Gasteiger partial charge on any atom is -0.365 e. The van der Waals surface area contributed by atoms with Crippen molar-refractivity contribution in [3.63, 3.8) is 0 Å². The number of carbonyl (C=O) groups is 2. The van der Waals surface area contributed by atoms with E-state index in [2.05, 4.69) is 15.3 Å². The van der Waals surface area contributed by atoms with Gasteiger partial charge in [0.1, 0.15) is 10.6 Å². The Morgan fingerprint density at radius 2 is 2.17 bits per heavy atom. The third-order valence-corrected chi connectivity index (χ3v) is 4.50. The van der Waals surface area contributed by atoms with Gasteiger partial charge in [-0.2, -0.15) is 0 Å². The highest BCUT2D eigenvalue weighted by molar-refractivity contribution is 7.11. The van der Waals surface area contributed by atoms with Crippen LogP contribution in [0.15, 0.2) is 29.8 Å². The number of H-pyrrole nitrogens is 1. The Hall–Kier alpha value is -2.38. The van der Waals surface area contributed by atoms with Crippen molar-refractivity contribution in [2.24, 2.45) is 5.73 Å². The summed E-state index contributed by atoms with van der Waals surface area (Å²) in [6.45, 7) is 1.75. The quantitative estimate of drug-likeness (QED) is 0.675. The van der Waals surface area contributed by atoms with Gasteiger partial charge < -0.3 is 16.0 Å². The van der Waals surface area contributed by atoms with Crippen LogP contribution in [0.25, 0.3) is 10.9 Å². The second-order valence-corrected chi connectivity index (χ2v) is 6.33. The van der Waals surface area contributed by atoms with Crippen LogP contribution in [0, 0.1) is 0 Å². The van der Waals surface area contributed by atoms with Crippen molar-refractivity contribution in [2.45, 2.75) is 13.0 Å². The van der Waals surface area contributed by atoms with E-state index in [0.717, 1.165) is 22.2 Å². The number of benzene rings is 1. The second-order valence-electron chi connectivity index (χ2n) is 5.04. The molecule has 4 N–H and O–H groups in total. The molecule has 0 aliphatic carbocycles. The Morgan fingerprint density at radius 1 is 1.39 bits per heavy atom. The van der Waals surface area contributed by atoms with Gasteiger partial charge in [-0.05, 0) is 25.1 Å². The Labute approximate surface area is 140 Å². The van der Waals surface area contributed by atoms with Crippen molar-refractivity contribution < 1.29 is 9.59 Å². The van der Waals surface area contributed by atoms with E-state index in [1.807, 2.05) is 6.07 Å². The number of primary amides is 1. The monoisotopic (exact) mass is 348 g/mol. The van der Waals surface area contributed by atoms with Crippen LogP contribution in [-0.2, 0) is 0 Å². The van der Waals surface area contributed by atoms with E-state index in [1.165, 1.54) is 5.51 Å². The molecule has 3 rings (SSSR count). The number of amides is 2. The molecule has 0 aliphatic rings. The average molecular weight is 349 g/mol. The standard InChI is InChI=1S/C15H13ClN4O2S/c1-7(12-13(14(17)21)23-6-18-12)19-15(22)11-4-8-2-3-9(16)5-10(8)20-11/h2-7,20H,1H3,(H2,17,21)(H,19,22). The minimum absolute atomic E-state index is 0.298. The highest BCUT2D eigenvalue weighted by Crippen LogP contribution is 2.22. The maximum absolute atomic E-state index is 12.4. The Bertz CT molecular complexity index is 902. The lowest BCUT2D eigenvalue weighted by Gasteiger charge is -2.12. The van der Waals surface area contributed by atoms with Crippen LogP contribution < -0.4 is 11.1 Å². The third kappa shape index (κ3) is 3.06. The molecule has 1 unspecified atom stereocenters. The zero-order valence-corrected chi connectivity index (χ0v) is 13.7. The minimum atomic E-state index is -0.552. The van der Waals surface area contributed by atoms with Crippen LogP contribution in [0.4, 0.5) is 0 Å². The molecule has 118 valence electrons. The number of carbonyl (C=O) groups excluding carboxylic acids is 2. The number of nitrogens with one attached hydrogen (secondary N) is 2. The fraction of sp³-hybridized carbons (Fsp3) is 0.133. The lowest BCUT2D eigenvalue weighted by atomic mass is 10.2. The maximum Gasteiger partial charge on any atom is 0.268 e. The van der Waals surface area contributed by atoms with Gasteiger partial charge in [-0.1, -0.05) is 17.7 Å². The van der Waals surface area contributed by atoms with Crippen molar-refractivity contribution in [1.29, 1.82) is 0 Å². The molecule has 6 nitrogen and oxygen atoms in total. The van der Waals surface area contributed by atoms with Gasteiger partial charge in [-0.15, -0.1) is 11.3 Å². The van der Waals surface area contributed by atoms with Gasteiger partial charge in [0.15, 0.2) is 0 Å². The Kier molecular flexibility index (Phi) is 4.06. The highest BCUT2D eigenvalue weighted by atomic mass is 35.5. The van der Waals surface area contributed by atoms with Gasteiger partial charge in [0.25, 0.3) is 11.8 Å². The van der Waals surface area contributed by atoms with Crippen LogP contribution in [0.2, 0.25) is 5.02 Å². The van der Waals surface area contributed by atoms with Gasteiger partial charge >= 0.3 is 0 Å². The molecule has 8 heteroatoms. The van der Waals surface area contributed by atoms with Crippen molar-refractivity contribution in [3.05, 3.63) is 51.1 Å². The highest BCUT2D eigenvalue weighted by Gasteiger charge is 2.20. The molecular weight excluding hydrogens is 336 g/mol. The van der Waals surface area contributed by atoms with Gasteiger partial charge in [0, 0.05) is 15.9 Å². The fourth-order valence-corrected chi connectivity index (χ4v) is 3.22. The summed E-state index contributed by atoms with van der Waals surface area (Å²) in [5, 5.41) is 4.28. The summed E-state index contributed by atoms with van der Waals surface area (Å²) in [5.41, 5.74) is 8.49. The molecular formula is C15H13ClN4O2S. The number of nitrogens with two attached hydrogens (primary N) is 1. The maximum atomic E-state index is 12.4. The fourth-order valence-electron chi connectivity index (χ4n) is 2.31. The second kappa shape index (κ2) is 6.02. The molecule has 0 fully saturated rings. The first-order chi connectivity index (χ1) is 11.0. The van der Waals surface area contributed by atoms with Gasteiger partial charge in [-0.3, -0.25) is 9.59 Å². The number of hydrogen-bond donors (Lipinski definition) is 3. The molecule has 2 aromatic heterocycles. The first kappa shape index (κ1) is 15.5. The number of hydrogen-bond acceptors (Lipinski definition) is 4.